The van der Waals surface area contributed by atoms with E-state index in [1.807, 2.05) is 12.1 Å². The van der Waals surface area contributed by atoms with Crippen LogP contribution in [-0.2, 0) is 6.61 Å². The Morgan fingerprint density at radius 2 is 1.71 bits per heavy atom. The summed E-state index contributed by atoms with van der Waals surface area (Å²) in [7, 11) is 4.70. The van der Waals surface area contributed by atoms with Gasteiger partial charge in [-0.3, -0.25) is 0 Å². The van der Waals surface area contributed by atoms with Crippen LogP contribution in [0.4, 0.5) is 5.69 Å². The van der Waals surface area contributed by atoms with Gasteiger partial charge in [-0.05, 0) is 29.8 Å². The maximum absolute atomic E-state index is 5.79. The minimum atomic E-state index is 0.290. The van der Waals surface area contributed by atoms with E-state index in [1.54, 1.807) is 39.7 Å². The summed E-state index contributed by atoms with van der Waals surface area (Å²) in [5.41, 5.74) is 7.13. The van der Waals surface area contributed by atoms with Crippen molar-refractivity contribution in [3.63, 3.8) is 0 Å². The van der Waals surface area contributed by atoms with Crippen molar-refractivity contribution in [1.82, 2.24) is 4.98 Å². The third-order valence-electron chi connectivity index (χ3n) is 2.90. The average Bonchev–Trinajstić information content (AvgIpc) is 2.52. The molecule has 2 rings (SSSR count). The number of aromatic nitrogens is 1. The van der Waals surface area contributed by atoms with E-state index in [4.69, 9.17) is 24.7 Å². The molecular formula is C15H18N2O4. The van der Waals surface area contributed by atoms with Crippen molar-refractivity contribution in [2.45, 2.75) is 6.61 Å². The molecule has 6 nitrogen and oxygen atoms in total. The Balaban J connectivity index is 2.22. The standard InChI is InChI=1S/C15H18N2O4/c1-18-12-7-10(8-13(19-2)14(12)20-3)9-21-15-11(16)5-4-6-17-15/h4-8H,9,16H2,1-3H3. The largest absolute Gasteiger partial charge is 0.493 e. The number of nitrogen functional groups attached to an aromatic ring is 1. The molecule has 0 atom stereocenters. The minimum Gasteiger partial charge on any atom is -0.493 e. The van der Waals surface area contributed by atoms with Crippen molar-refractivity contribution in [2.24, 2.45) is 0 Å². The van der Waals surface area contributed by atoms with E-state index >= 15 is 0 Å². The van der Waals surface area contributed by atoms with Crippen molar-refractivity contribution >= 4 is 5.69 Å². The third kappa shape index (κ3) is 3.28. The van der Waals surface area contributed by atoms with Gasteiger partial charge in [0.2, 0.25) is 11.6 Å². The lowest BCUT2D eigenvalue weighted by atomic mass is 10.2. The van der Waals surface area contributed by atoms with Gasteiger partial charge in [-0.2, -0.15) is 0 Å². The van der Waals surface area contributed by atoms with Crippen molar-refractivity contribution in [2.75, 3.05) is 27.1 Å². The highest BCUT2D eigenvalue weighted by Gasteiger charge is 2.13. The molecule has 0 radical (unpaired) electrons. The first kappa shape index (κ1) is 14.8. The van der Waals surface area contributed by atoms with Crippen LogP contribution in [0.15, 0.2) is 30.5 Å². The lowest BCUT2D eigenvalue weighted by molar-refractivity contribution is 0.290. The van der Waals surface area contributed by atoms with Gasteiger partial charge in [-0.1, -0.05) is 0 Å². The smallest absolute Gasteiger partial charge is 0.237 e. The first-order chi connectivity index (χ1) is 10.2. The van der Waals surface area contributed by atoms with Crippen LogP contribution in [0.1, 0.15) is 5.56 Å². The minimum absolute atomic E-state index is 0.290. The second kappa shape index (κ2) is 6.69. The van der Waals surface area contributed by atoms with Crippen molar-refractivity contribution in [3.8, 4) is 23.1 Å². The Morgan fingerprint density at radius 1 is 1.05 bits per heavy atom. The zero-order valence-corrected chi connectivity index (χ0v) is 12.3. The normalized spacial score (nSPS) is 10.0. The van der Waals surface area contributed by atoms with E-state index in [-0.39, 0.29) is 6.61 Å². The predicted molar refractivity (Wildman–Crippen MR) is 79.1 cm³/mol. The number of pyridine rings is 1. The van der Waals surface area contributed by atoms with Crippen LogP contribution < -0.4 is 24.7 Å². The Labute approximate surface area is 123 Å². The van der Waals surface area contributed by atoms with Crippen LogP contribution in [-0.4, -0.2) is 26.3 Å². The second-order valence-electron chi connectivity index (χ2n) is 4.22. The molecule has 0 saturated heterocycles. The molecule has 0 aliphatic heterocycles. The molecule has 0 saturated carbocycles. The van der Waals surface area contributed by atoms with Gasteiger partial charge in [0.1, 0.15) is 6.61 Å². The summed E-state index contributed by atoms with van der Waals surface area (Å²) in [6, 6.07) is 7.13. The summed E-state index contributed by atoms with van der Waals surface area (Å²) in [5.74, 6) is 2.08. The number of nitrogens with zero attached hydrogens (tertiary/aromatic N) is 1. The lowest BCUT2D eigenvalue weighted by Crippen LogP contribution is -2.02. The van der Waals surface area contributed by atoms with E-state index in [0.717, 1.165) is 5.56 Å². The number of hydrogen-bond donors (Lipinski definition) is 1. The highest BCUT2D eigenvalue weighted by molar-refractivity contribution is 5.54. The van der Waals surface area contributed by atoms with E-state index in [0.29, 0.717) is 28.8 Å². The van der Waals surface area contributed by atoms with Crippen LogP contribution in [0, 0.1) is 0 Å². The molecule has 0 aliphatic carbocycles. The molecule has 0 amide bonds. The average molecular weight is 290 g/mol. The molecule has 0 aliphatic rings. The molecule has 0 spiro atoms. The molecule has 1 aromatic carbocycles. The molecular weight excluding hydrogens is 272 g/mol. The zero-order valence-electron chi connectivity index (χ0n) is 12.3. The molecule has 0 unspecified atom stereocenters. The number of anilines is 1. The quantitative estimate of drug-likeness (QED) is 0.879. The lowest BCUT2D eigenvalue weighted by Gasteiger charge is -2.14. The summed E-state index contributed by atoms with van der Waals surface area (Å²) in [6.07, 6.45) is 1.63. The van der Waals surface area contributed by atoms with Crippen molar-refractivity contribution in [1.29, 1.82) is 0 Å². The number of hydrogen-bond acceptors (Lipinski definition) is 6. The van der Waals surface area contributed by atoms with Crippen LogP contribution in [0.25, 0.3) is 0 Å². The summed E-state index contributed by atoms with van der Waals surface area (Å²) >= 11 is 0. The SMILES string of the molecule is COc1cc(COc2ncccc2N)cc(OC)c1OC. The molecule has 0 bridgehead atoms. The Morgan fingerprint density at radius 3 is 2.24 bits per heavy atom. The number of rotatable bonds is 6. The number of methoxy groups -OCH3 is 3. The van der Waals surface area contributed by atoms with Crippen LogP contribution in [0.2, 0.25) is 0 Å². The van der Waals surface area contributed by atoms with E-state index < -0.39 is 0 Å². The molecule has 1 heterocycles. The molecule has 2 aromatic rings. The molecule has 2 N–H and O–H groups in total. The number of ether oxygens (including phenoxy) is 4. The first-order valence-electron chi connectivity index (χ1n) is 6.31. The summed E-state index contributed by atoms with van der Waals surface area (Å²) in [5, 5.41) is 0. The van der Waals surface area contributed by atoms with Crippen LogP contribution in [0.3, 0.4) is 0 Å². The van der Waals surface area contributed by atoms with E-state index in [9.17, 15) is 0 Å². The topological polar surface area (TPSA) is 75.8 Å². The number of nitrogens with two attached hydrogens (primary N) is 1. The molecule has 112 valence electrons. The molecule has 21 heavy (non-hydrogen) atoms. The fourth-order valence-corrected chi connectivity index (χ4v) is 1.89. The van der Waals surface area contributed by atoms with Crippen molar-refractivity contribution in [3.05, 3.63) is 36.0 Å². The van der Waals surface area contributed by atoms with Gasteiger partial charge in [-0.25, -0.2) is 4.98 Å². The Bertz CT molecular complexity index is 591. The summed E-state index contributed by atoms with van der Waals surface area (Å²) in [4.78, 5) is 4.08. The van der Waals surface area contributed by atoms with Crippen LogP contribution in [0.5, 0.6) is 23.1 Å². The summed E-state index contributed by atoms with van der Waals surface area (Å²) in [6.45, 7) is 0.290. The van der Waals surface area contributed by atoms with Gasteiger partial charge in [-0.15, -0.1) is 0 Å². The van der Waals surface area contributed by atoms with Crippen LogP contribution >= 0.6 is 0 Å². The Hall–Kier alpha value is -2.63. The maximum atomic E-state index is 5.79. The van der Waals surface area contributed by atoms with Gasteiger partial charge < -0.3 is 24.7 Å². The van der Waals surface area contributed by atoms with Gasteiger partial charge >= 0.3 is 0 Å². The highest BCUT2D eigenvalue weighted by Crippen LogP contribution is 2.38. The third-order valence-corrected chi connectivity index (χ3v) is 2.90. The van der Waals surface area contributed by atoms with E-state index in [2.05, 4.69) is 4.98 Å². The monoisotopic (exact) mass is 290 g/mol. The maximum Gasteiger partial charge on any atom is 0.237 e. The van der Waals surface area contributed by atoms with Gasteiger partial charge in [0.15, 0.2) is 11.5 Å². The van der Waals surface area contributed by atoms with Gasteiger partial charge in [0, 0.05) is 6.20 Å². The fraction of sp³-hybridized carbons (Fsp3) is 0.267. The molecule has 0 fully saturated rings. The molecule has 6 heteroatoms. The Kier molecular flexibility index (Phi) is 4.71. The molecule has 1 aromatic heterocycles. The second-order valence-corrected chi connectivity index (χ2v) is 4.22. The van der Waals surface area contributed by atoms with Crippen molar-refractivity contribution < 1.29 is 18.9 Å². The first-order valence-corrected chi connectivity index (χ1v) is 6.31. The summed E-state index contributed by atoms with van der Waals surface area (Å²) < 4.78 is 21.5. The zero-order chi connectivity index (χ0) is 15.2. The van der Waals surface area contributed by atoms with Gasteiger partial charge in [0.25, 0.3) is 0 Å². The number of benzene rings is 1. The predicted octanol–water partition coefficient (Wildman–Crippen LogP) is 2.27. The highest BCUT2D eigenvalue weighted by atomic mass is 16.5. The fourth-order valence-electron chi connectivity index (χ4n) is 1.89. The van der Waals surface area contributed by atoms with E-state index in [1.165, 1.54) is 0 Å². The van der Waals surface area contributed by atoms with Gasteiger partial charge in [0.05, 0.1) is 27.0 Å².